The molecule has 1 atom stereocenters. The van der Waals surface area contributed by atoms with Crippen molar-refractivity contribution < 1.29 is 4.21 Å². The number of hydrogen-bond acceptors (Lipinski definition) is 4. The second-order valence-electron chi connectivity index (χ2n) is 3.73. The third kappa shape index (κ3) is 2.46. The highest BCUT2D eigenvalue weighted by atomic mass is 35.5. The van der Waals surface area contributed by atoms with Crippen LogP contribution in [0.25, 0.3) is 0 Å². The molecule has 2 rings (SSSR count). The maximum Gasteiger partial charge on any atom is 0.151 e. The summed E-state index contributed by atoms with van der Waals surface area (Å²) in [4.78, 5) is 0. The smallest absolute Gasteiger partial charge is 0.151 e. The molecule has 0 saturated heterocycles. The van der Waals surface area contributed by atoms with Crippen molar-refractivity contribution in [1.82, 2.24) is 10.2 Å². The maximum atomic E-state index is 11.4. The number of aromatic nitrogens is 2. The molecule has 1 N–H and O–H groups in total. The molecule has 0 aliphatic heterocycles. The lowest BCUT2D eigenvalue weighted by Crippen LogP contribution is -2.26. The summed E-state index contributed by atoms with van der Waals surface area (Å²) in [6.45, 7) is 0.687. The lowest BCUT2D eigenvalue weighted by molar-refractivity contribution is 0.673. The molecule has 1 aromatic rings. The molecule has 0 spiro atoms. The van der Waals surface area contributed by atoms with E-state index in [0.717, 1.165) is 12.8 Å². The van der Waals surface area contributed by atoms with Crippen LogP contribution in [0.3, 0.4) is 0 Å². The fourth-order valence-corrected chi connectivity index (χ4v) is 2.42. The summed E-state index contributed by atoms with van der Waals surface area (Å²) in [5.74, 6) is 0.677. The van der Waals surface area contributed by atoms with E-state index in [0.29, 0.717) is 17.5 Å². The zero-order valence-electron chi connectivity index (χ0n) is 8.36. The highest BCUT2D eigenvalue weighted by molar-refractivity contribution is 7.86. The summed E-state index contributed by atoms with van der Waals surface area (Å²) in [7, 11) is -0.780. The van der Waals surface area contributed by atoms with Crippen molar-refractivity contribution in [2.24, 2.45) is 0 Å². The van der Waals surface area contributed by atoms with Crippen LogP contribution in [0.15, 0.2) is 12.1 Å². The van der Waals surface area contributed by atoms with Gasteiger partial charge in [0.2, 0.25) is 0 Å². The van der Waals surface area contributed by atoms with Crippen LogP contribution in [-0.4, -0.2) is 32.0 Å². The van der Waals surface area contributed by atoms with Gasteiger partial charge in [-0.1, -0.05) is 11.6 Å². The summed E-state index contributed by atoms with van der Waals surface area (Å²) in [6, 6.07) is 3.45. The predicted octanol–water partition coefficient (Wildman–Crippen LogP) is 1.45. The summed E-state index contributed by atoms with van der Waals surface area (Å²) < 4.78 is 11.4. The van der Waals surface area contributed by atoms with Crippen molar-refractivity contribution in [2.45, 2.75) is 17.6 Å². The first-order chi connectivity index (χ1) is 7.12. The van der Waals surface area contributed by atoms with E-state index in [1.54, 1.807) is 18.4 Å². The van der Waals surface area contributed by atoms with Gasteiger partial charge in [0, 0.05) is 23.6 Å². The molecule has 4 nitrogen and oxygen atoms in total. The van der Waals surface area contributed by atoms with Crippen LogP contribution < -0.4 is 5.32 Å². The summed E-state index contributed by atoms with van der Waals surface area (Å²) in [6.07, 6.45) is 3.79. The average molecular weight is 246 g/mol. The topological polar surface area (TPSA) is 54.9 Å². The summed E-state index contributed by atoms with van der Waals surface area (Å²) in [5, 5.41) is 11.1. The average Bonchev–Trinajstić information content (AvgIpc) is 2.98. The molecule has 82 valence electrons. The lowest BCUT2D eigenvalue weighted by Gasteiger charge is -2.12. The largest absolute Gasteiger partial charge is 0.367 e. The molecule has 1 heterocycles. The Labute approximate surface area is 95.9 Å². The van der Waals surface area contributed by atoms with Gasteiger partial charge in [0.25, 0.3) is 0 Å². The van der Waals surface area contributed by atoms with Crippen LogP contribution in [0.4, 0.5) is 5.82 Å². The van der Waals surface area contributed by atoms with E-state index < -0.39 is 10.8 Å². The van der Waals surface area contributed by atoms with Crippen molar-refractivity contribution in [3.8, 4) is 0 Å². The standard InChI is InChI=1S/C9H12ClN3OS/c1-15(14)9(4-5-9)6-11-8-3-2-7(10)12-13-8/h2-3H,4-6H2,1H3,(H,11,13). The van der Waals surface area contributed by atoms with Crippen molar-refractivity contribution in [1.29, 1.82) is 0 Å². The predicted molar refractivity (Wildman–Crippen MR) is 61.6 cm³/mol. The Morgan fingerprint density at radius 3 is 2.73 bits per heavy atom. The molecule has 0 aromatic carbocycles. The zero-order chi connectivity index (χ0) is 10.9. The van der Waals surface area contributed by atoms with Crippen LogP contribution in [0.2, 0.25) is 5.15 Å². The van der Waals surface area contributed by atoms with Gasteiger partial charge >= 0.3 is 0 Å². The summed E-state index contributed by atoms with van der Waals surface area (Å²) in [5.41, 5.74) is 0. The minimum absolute atomic E-state index is 0.0404. The Kier molecular flexibility index (Phi) is 2.93. The number of rotatable bonds is 4. The fraction of sp³-hybridized carbons (Fsp3) is 0.556. The molecular formula is C9H12ClN3OS. The Bertz CT molecular complexity index is 377. The van der Waals surface area contributed by atoms with Crippen molar-refractivity contribution in [3.63, 3.8) is 0 Å². The van der Waals surface area contributed by atoms with Crippen LogP contribution in [0.5, 0.6) is 0 Å². The Morgan fingerprint density at radius 1 is 1.53 bits per heavy atom. The number of anilines is 1. The SMILES string of the molecule is CS(=O)C1(CNc2ccc(Cl)nn2)CC1. The van der Waals surface area contributed by atoms with Gasteiger partial charge in [-0.2, -0.15) is 0 Å². The van der Waals surface area contributed by atoms with E-state index in [9.17, 15) is 4.21 Å². The minimum atomic E-state index is -0.780. The second-order valence-corrected chi connectivity index (χ2v) is 5.89. The van der Waals surface area contributed by atoms with Crippen molar-refractivity contribution in [3.05, 3.63) is 17.3 Å². The fourth-order valence-electron chi connectivity index (χ4n) is 1.37. The van der Waals surface area contributed by atoms with E-state index >= 15 is 0 Å². The molecule has 1 unspecified atom stereocenters. The van der Waals surface area contributed by atoms with Gasteiger partial charge < -0.3 is 5.32 Å². The lowest BCUT2D eigenvalue weighted by atomic mass is 10.4. The highest BCUT2D eigenvalue weighted by Gasteiger charge is 2.46. The molecule has 1 saturated carbocycles. The Morgan fingerprint density at radius 2 is 2.27 bits per heavy atom. The highest BCUT2D eigenvalue weighted by Crippen LogP contribution is 2.40. The maximum absolute atomic E-state index is 11.4. The zero-order valence-corrected chi connectivity index (χ0v) is 9.94. The van der Waals surface area contributed by atoms with Crippen molar-refractivity contribution >= 4 is 28.2 Å². The van der Waals surface area contributed by atoms with E-state index in [-0.39, 0.29) is 4.75 Å². The number of halogens is 1. The number of nitrogens with zero attached hydrogens (tertiary/aromatic N) is 2. The van der Waals surface area contributed by atoms with Gasteiger partial charge in [-0.15, -0.1) is 10.2 Å². The van der Waals surface area contributed by atoms with Crippen LogP contribution >= 0.6 is 11.6 Å². The van der Waals surface area contributed by atoms with Gasteiger partial charge in [0.05, 0.1) is 4.75 Å². The molecule has 15 heavy (non-hydrogen) atoms. The molecule has 1 aliphatic rings. The first-order valence-corrected chi connectivity index (χ1v) is 6.63. The van der Waals surface area contributed by atoms with Crippen LogP contribution in [-0.2, 0) is 10.8 Å². The molecule has 1 aliphatic carbocycles. The molecule has 0 radical (unpaired) electrons. The van der Waals surface area contributed by atoms with Gasteiger partial charge in [-0.3, -0.25) is 4.21 Å². The van der Waals surface area contributed by atoms with Gasteiger partial charge in [-0.25, -0.2) is 0 Å². The quantitative estimate of drug-likeness (QED) is 0.873. The Hall–Kier alpha value is -0.680. The van der Waals surface area contributed by atoms with Crippen LogP contribution in [0, 0.1) is 0 Å². The third-order valence-electron chi connectivity index (χ3n) is 2.64. The van der Waals surface area contributed by atoms with Gasteiger partial charge in [0.1, 0.15) is 5.82 Å². The van der Waals surface area contributed by atoms with E-state index in [2.05, 4.69) is 15.5 Å². The Balaban J connectivity index is 1.94. The van der Waals surface area contributed by atoms with Gasteiger partial charge in [-0.05, 0) is 25.0 Å². The molecule has 1 aromatic heterocycles. The van der Waals surface area contributed by atoms with E-state index in [1.165, 1.54) is 0 Å². The molecule has 1 fully saturated rings. The molecule has 6 heteroatoms. The summed E-state index contributed by atoms with van der Waals surface area (Å²) >= 11 is 5.61. The van der Waals surface area contributed by atoms with Crippen molar-refractivity contribution in [2.75, 3.05) is 18.1 Å². The first kappa shape index (κ1) is 10.8. The van der Waals surface area contributed by atoms with Gasteiger partial charge in [0.15, 0.2) is 5.15 Å². The van der Waals surface area contributed by atoms with E-state index in [4.69, 9.17) is 11.6 Å². The monoisotopic (exact) mass is 245 g/mol. The number of hydrogen-bond donors (Lipinski definition) is 1. The normalized spacial score (nSPS) is 19.6. The second kappa shape index (κ2) is 4.06. The van der Waals surface area contributed by atoms with Crippen LogP contribution in [0.1, 0.15) is 12.8 Å². The molecular weight excluding hydrogens is 234 g/mol. The minimum Gasteiger partial charge on any atom is -0.367 e. The third-order valence-corrected chi connectivity index (χ3v) is 4.61. The molecule has 0 bridgehead atoms. The number of nitrogens with one attached hydrogen (secondary N) is 1. The first-order valence-electron chi connectivity index (χ1n) is 4.69. The van der Waals surface area contributed by atoms with E-state index in [1.807, 2.05) is 0 Å². The molecule has 0 amide bonds.